The molecule has 0 unspecified atom stereocenters. The summed E-state index contributed by atoms with van der Waals surface area (Å²) in [6.07, 6.45) is 0. The van der Waals surface area contributed by atoms with E-state index in [0.29, 0.717) is 21.3 Å². The molecule has 0 saturated heterocycles. The fourth-order valence-corrected chi connectivity index (χ4v) is 2.22. The first-order valence-corrected chi connectivity index (χ1v) is 6.62. The van der Waals surface area contributed by atoms with Crippen LogP contribution in [-0.4, -0.2) is 5.91 Å². The Morgan fingerprint density at radius 1 is 1.00 bits per heavy atom. The predicted molar refractivity (Wildman–Crippen MR) is 78.6 cm³/mol. The van der Waals surface area contributed by atoms with Crippen LogP contribution >= 0.6 is 39.1 Å². The Morgan fingerprint density at radius 3 is 2.11 bits per heavy atom. The fourth-order valence-electron chi connectivity index (χ4n) is 1.43. The zero-order valence-corrected chi connectivity index (χ0v) is 12.2. The van der Waals surface area contributed by atoms with Crippen molar-refractivity contribution >= 4 is 50.7 Å². The van der Waals surface area contributed by atoms with E-state index in [-0.39, 0.29) is 5.91 Å². The molecule has 0 saturated carbocycles. The van der Waals surface area contributed by atoms with E-state index in [1.165, 1.54) is 0 Å². The number of hydrogen-bond donors (Lipinski definition) is 1. The number of rotatable bonds is 2. The third kappa shape index (κ3) is 3.48. The Morgan fingerprint density at radius 2 is 1.56 bits per heavy atom. The van der Waals surface area contributed by atoms with E-state index in [4.69, 9.17) is 23.2 Å². The lowest BCUT2D eigenvalue weighted by Crippen LogP contribution is -2.11. The molecule has 1 amide bonds. The third-order valence-electron chi connectivity index (χ3n) is 2.23. The Kier molecular flexibility index (Phi) is 4.27. The smallest absolute Gasteiger partial charge is 0.255 e. The van der Waals surface area contributed by atoms with Gasteiger partial charge in [-0.15, -0.1) is 0 Å². The van der Waals surface area contributed by atoms with Crippen LogP contribution in [0.25, 0.3) is 0 Å². The van der Waals surface area contributed by atoms with Crippen molar-refractivity contribution in [3.8, 4) is 0 Å². The van der Waals surface area contributed by atoms with E-state index >= 15 is 0 Å². The molecule has 5 heteroatoms. The molecule has 0 radical (unpaired) electrons. The van der Waals surface area contributed by atoms with Crippen LogP contribution in [-0.2, 0) is 0 Å². The predicted octanol–water partition coefficient (Wildman–Crippen LogP) is 5.01. The number of benzene rings is 2. The van der Waals surface area contributed by atoms with Crippen LogP contribution in [0, 0.1) is 0 Å². The van der Waals surface area contributed by atoms with Crippen molar-refractivity contribution in [3.05, 3.63) is 62.5 Å². The molecule has 2 rings (SSSR count). The maximum Gasteiger partial charge on any atom is 0.255 e. The molecule has 0 aliphatic carbocycles. The van der Waals surface area contributed by atoms with Crippen molar-refractivity contribution < 1.29 is 4.79 Å². The first-order chi connectivity index (χ1) is 8.54. The number of anilines is 1. The number of carbonyl (C=O) groups excluding carboxylic acids is 1. The van der Waals surface area contributed by atoms with Gasteiger partial charge in [0.25, 0.3) is 5.91 Å². The van der Waals surface area contributed by atoms with E-state index in [1.807, 2.05) is 0 Å². The summed E-state index contributed by atoms with van der Waals surface area (Å²) in [5.41, 5.74) is 1.13. The second-order valence-electron chi connectivity index (χ2n) is 3.62. The molecule has 0 fully saturated rings. The topological polar surface area (TPSA) is 29.1 Å². The van der Waals surface area contributed by atoms with Crippen molar-refractivity contribution in [1.82, 2.24) is 0 Å². The zero-order valence-electron chi connectivity index (χ0n) is 9.08. The molecule has 92 valence electrons. The van der Waals surface area contributed by atoms with Gasteiger partial charge in [-0.05, 0) is 42.5 Å². The largest absolute Gasteiger partial charge is 0.322 e. The molecule has 1 N–H and O–H groups in total. The number of halogens is 3. The highest BCUT2D eigenvalue weighted by molar-refractivity contribution is 9.10. The van der Waals surface area contributed by atoms with Gasteiger partial charge in [-0.1, -0.05) is 39.1 Å². The molecule has 0 atom stereocenters. The van der Waals surface area contributed by atoms with E-state index in [0.717, 1.165) is 4.47 Å². The average molecular weight is 345 g/mol. The van der Waals surface area contributed by atoms with Crippen molar-refractivity contribution in [1.29, 1.82) is 0 Å². The summed E-state index contributed by atoms with van der Waals surface area (Å²) in [5, 5.41) is 3.70. The monoisotopic (exact) mass is 343 g/mol. The molecule has 0 aliphatic rings. The van der Waals surface area contributed by atoms with Gasteiger partial charge in [0.2, 0.25) is 0 Å². The van der Waals surface area contributed by atoms with Crippen LogP contribution < -0.4 is 5.32 Å². The summed E-state index contributed by atoms with van der Waals surface area (Å²) >= 11 is 15.0. The highest BCUT2D eigenvalue weighted by Crippen LogP contribution is 2.23. The summed E-state index contributed by atoms with van der Waals surface area (Å²) in [4.78, 5) is 11.9. The lowest BCUT2D eigenvalue weighted by atomic mass is 10.2. The lowest BCUT2D eigenvalue weighted by Gasteiger charge is -2.06. The van der Waals surface area contributed by atoms with E-state index in [9.17, 15) is 4.79 Å². The standard InChI is InChI=1S/C13H8BrCl2NO/c14-9-3-1-8(2-4-9)13(18)17-12-6-10(15)5-11(16)7-12/h1-7H,(H,17,18). The first-order valence-electron chi connectivity index (χ1n) is 5.07. The van der Waals surface area contributed by atoms with Gasteiger partial charge in [0, 0.05) is 25.8 Å². The third-order valence-corrected chi connectivity index (χ3v) is 3.19. The zero-order chi connectivity index (χ0) is 13.1. The average Bonchev–Trinajstić information content (AvgIpc) is 2.28. The molecule has 0 heterocycles. The molecule has 0 bridgehead atoms. The lowest BCUT2D eigenvalue weighted by molar-refractivity contribution is 0.102. The highest BCUT2D eigenvalue weighted by Gasteiger charge is 2.06. The Bertz CT molecular complexity index is 564. The summed E-state index contributed by atoms with van der Waals surface area (Å²) in [7, 11) is 0. The molecule has 2 nitrogen and oxygen atoms in total. The molecular weight excluding hydrogens is 337 g/mol. The van der Waals surface area contributed by atoms with E-state index in [2.05, 4.69) is 21.2 Å². The van der Waals surface area contributed by atoms with Gasteiger partial charge in [0.15, 0.2) is 0 Å². The van der Waals surface area contributed by atoms with Crippen LogP contribution in [0.4, 0.5) is 5.69 Å². The van der Waals surface area contributed by atoms with Crippen LogP contribution in [0.1, 0.15) is 10.4 Å². The molecule has 18 heavy (non-hydrogen) atoms. The van der Waals surface area contributed by atoms with Crippen LogP contribution in [0.2, 0.25) is 10.0 Å². The van der Waals surface area contributed by atoms with E-state index in [1.54, 1.807) is 42.5 Å². The molecule has 2 aromatic carbocycles. The Balaban J connectivity index is 2.18. The highest BCUT2D eigenvalue weighted by atomic mass is 79.9. The van der Waals surface area contributed by atoms with E-state index < -0.39 is 0 Å². The summed E-state index contributed by atoms with van der Waals surface area (Å²) < 4.78 is 0.921. The van der Waals surface area contributed by atoms with Crippen molar-refractivity contribution in [3.63, 3.8) is 0 Å². The maximum absolute atomic E-state index is 11.9. The van der Waals surface area contributed by atoms with Crippen molar-refractivity contribution in [2.24, 2.45) is 0 Å². The van der Waals surface area contributed by atoms with Gasteiger partial charge < -0.3 is 5.32 Å². The number of hydrogen-bond acceptors (Lipinski definition) is 1. The van der Waals surface area contributed by atoms with Crippen molar-refractivity contribution in [2.75, 3.05) is 5.32 Å². The van der Waals surface area contributed by atoms with Crippen LogP contribution in [0.5, 0.6) is 0 Å². The fraction of sp³-hybridized carbons (Fsp3) is 0. The first kappa shape index (κ1) is 13.4. The SMILES string of the molecule is O=C(Nc1cc(Cl)cc(Cl)c1)c1ccc(Br)cc1. The minimum absolute atomic E-state index is 0.208. The minimum Gasteiger partial charge on any atom is -0.322 e. The van der Waals surface area contributed by atoms with Crippen LogP contribution in [0.3, 0.4) is 0 Å². The molecule has 0 aliphatic heterocycles. The van der Waals surface area contributed by atoms with Gasteiger partial charge in [0.05, 0.1) is 0 Å². The van der Waals surface area contributed by atoms with Crippen molar-refractivity contribution in [2.45, 2.75) is 0 Å². The van der Waals surface area contributed by atoms with Gasteiger partial charge in [0.1, 0.15) is 0 Å². The summed E-state index contributed by atoms with van der Waals surface area (Å²) in [6, 6.07) is 12.0. The number of nitrogens with one attached hydrogen (secondary N) is 1. The maximum atomic E-state index is 11.9. The van der Waals surface area contributed by atoms with Gasteiger partial charge in [-0.3, -0.25) is 4.79 Å². The molecule has 0 aromatic heterocycles. The second-order valence-corrected chi connectivity index (χ2v) is 5.41. The quantitative estimate of drug-likeness (QED) is 0.815. The number of amides is 1. The minimum atomic E-state index is -0.208. The van der Waals surface area contributed by atoms with Gasteiger partial charge in [-0.2, -0.15) is 0 Å². The molecule has 2 aromatic rings. The summed E-state index contributed by atoms with van der Waals surface area (Å²) in [6.45, 7) is 0. The molecule has 0 spiro atoms. The summed E-state index contributed by atoms with van der Waals surface area (Å²) in [5.74, 6) is -0.208. The molecular formula is C13H8BrCl2NO. The Labute approximate surface area is 123 Å². The van der Waals surface area contributed by atoms with Gasteiger partial charge >= 0.3 is 0 Å². The second kappa shape index (κ2) is 5.74. The Hall–Kier alpha value is -1.03. The normalized spacial score (nSPS) is 10.2. The van der Waals surface area contributed by atoms with Crippen LogP contribution in [0.15, 0.2) is 46.9 Å². The number of carbonyl (C=O) groups is 1. The van der Waals surface area contributed by atoms with Gasteiger partial charge in [-0.25, -0.2) is 0 Å².